The van der Waals surface area contributed by atoms with Gasteiger partial charge in [-0.05, 0) is 70.6 Å². The number of amides is 1. The highest BCUT2D eigenvalue weighted by Gasteiger charge is 2.44. The Hall–Kier alpha value is -2.11. The van der Waals surface area contributed by atoms with Gasteiger partial charge in [0.05, 0.1) is 25.4 Å². The van der Waals surface area contributed by atoms with Gasteiger partial charge in [-0.3, -0.25) is 4.79 Å². The van der Waals surface area contributed by atoms with Crippen LogP contribution in [0.4, 0.5) is 0 Å². The summed E-state index contributed by atoms with van der Waals surface area (Å²) in [5, 5.41) is 54.8. The highest BCUT2D eigenvalue weighted by Crippen LogP contribution is 2.24. The largest absolute Gasteiger partial charge is 0.394 e. The molecule has 1 heterocycles. The van der Waals surface area contributed by atoms with E-state index in [1.54, 1.807) is 6.08 Å². The summed E-state index contributed by atoms with van der Waals surface area (Å²) in [7, 11) is 0. The van der Waals surface area contributed by atoms with E-state index in [-0.39, 0.29) is 12.5 Å². The minimum absolute atomic E-state index is 0.180. The van der Waals surface area contributed by atoms with E-state index in [2.05, 4.69) is 67.8 Å². The molecule has 1 saturated heterocycles. The number of carbonyl (C=O) groups excluding carboxylic acids is 1. The second-order valence-corrected chi connectivity index (χ2v) is 26.8. The van der Waals surface area contributed by atoms with Crippen LogP contribution < -0.4 is 5.32 Å². The summed E-state index contributed by atoms with van der Waals surface area (Å²) < 4.78 is 11.3. The zero-order chi connectivity index (χ0) is 63.5. The molecule has 0 aromatic carbocycles. The molecule has 0 saturated carbocycles. The molecule has 0 spiro atoms. The second kappa shape index (κ2) is 67.8. The van der Waals surface area contributed by atoms with Gasteiger partial charge in [-0.1, -0.05) is 364 Å². The number of hydrogen-bond acceptors (Lipinski definition) is 8. The van der Waals surface area contributed by atoms with Gasteiger partial charge in [-0.2, -0.15) is 0 Å². The van der Waals surface area contributed by atoms with Gasteiger partial charge in [-0.25, -0.2) is 0 Å². The normalized spacial score (nSPS) is 18.2. The molecule has 7 atom stereocenters. The van der Waals surface area contributed by atoms with Crippen LogP contribution in [0.3, 0.4) is 0 Å². The number of nitrogens with one attached hydrogen (secondary N) is 1. The van der Waals surface area contributed by atoms with E-state index in [0.717, 1.165) is 51.4 Å². The Bertz CT molecular complexity index is 1580. The smallest absolute Gasteiger partial charge is 0.220 e. The monoisotopic (exact) mass is 1240 g/mol. The van der Waals surface area contributed by atoms with Gasteiger partial charge in [-0.15, -0.1) is 0 Å². The summed E-state index contributed by atoms with van der Waals surface area (Å²) in [5.74, 6) is -0.180. The molecule has 0 aromatic rings. The van der Waals surface area contributed by atoms with E-state index >= 15 is 0 Å². The summed E-state index contributed by atoms with van der Waals surface area (Å²) in [5.41, 5.74) is 0. The third kappa shape index (κ3) is 55.5. The zero-order valence-electron chi connectivity index (χ0n) is 58.0. The summed E-state index contributed by atoms with van der Waals surface area (Å²) >= 11 is 0. The maximum Gasteiger partial charge on any atom is 0.220 e. The van der Waals surface area contributed by atoms with Crippen molar-refractivity contribution >= 4 is 5.91 Å². The van der Waals surface area contributed by atoms with Crippen molar-refractivity contribution in [3.63, 3.8) is 0 Å². The molecule has 0 aromatic heterocycles. The standard InChI is InChI=1S/C79H147NO8/c1-3-5-7-9-11-13-15-17-19-21-23-25-27-29-31-33-34-35-36-37-38-39-40-41-43-45-47-49-51-53-55-57-59-61-63-65-67-69-75(83)80-72(71-87-79-78(86)77(85)76(84)74(70-81)88-79)73(82)68-66-64-62-60-58-56-54-52-50-48-46-44-42-32-30-28-26-24-22-20-18-16-14-12-10-8-6-4-2/h15,17,21,23,27,29,58,60,66,68,72-74,76-79,81-82,84-86H,3-14,16,18-20,22,24-26,28,30-57,59,61-65,67,69-71H2,1-2H3,(H,80,83)/b17-15-,23-21-,29-27-,60-58+,68-66+. The van der Waals surface area contributed by atoms with Crippen LogP contribution in [0.2, 0.25) is 0 Å². The first-order valence-corrected chi connectivity index (χ1v) is 38.5. The van der Waals surface area contributed by atoms with Gasteiger partial charge in [0.1, 0.15) is 24.4 Å². The fourth-order valence-electron chi connectivity index (χ4n) is 12.3. The van der Waals surface area contributed by atoms with Crippen LogP contribution in [-0.2, 0) is 14.3 Å². The number of rotatable bonds is 68. The fourth-order valence-corrected chi connectivity index (χ4v) is 12.3. The Kier molecular flexibility index (Phi) is 64.6. The lowest BCUT2D eigenvalue weighted by molar-refractivity contribution is -0.302. The summed E-state index contributed by atoms with van der Waals surface area (Å²) in [4.78, 5) is 13.2. The second-order valence-electron chi connectivity index (χ2n) is 26.8. The van der Waals surface area contributed by atoms with Crippen molar-refractivity contribution in [2.24, 2.45) is 0 Å². The number of aliphatic hydroxyl groups is 5. The first-order valence-electron chi connectivity index (χ1n) is 38.5. The third-order valence-electron chi connectivity index (χ3n) is 18.3. The molecule has 1 rings (SSSR count). The van der Waals surface area contributed by atoms with Crippen LogP contribution in [0, 0.1) is 0 Å². The van der Waals surface area contributed by atoms with Crippen LogP contribution in [0.5, 0.6) is 0 Å². The quantitative estimate of drug-likeness (QED) is 0.0261. The molecule has 7 unspecified atom stereocenters. The molecule has 0 aliphatic carbocycles. The average molecular weight is 1240 g/mol. The van der Waals surface area contributed by atoms with Crippen molar-refractivity contribution in [1.29, 1.82) is 0 Å². The molecule has 9 nitrogen and oxygen atoms in total. The van der Waals surface area contributed by atoms with Crippen molar-refractivity contribution in [1.82, 2.24) is 5.32 Å². The Morgan fingerprint density at radius 2 is 0.682 bits per heavy atom. The molecule has 1 aliphatic heterocycles. The van der Waals surface area contributed by atoms with Gasteiger partial charge in [0, 0.05) is 6.42 Å². The molecule has 88 heavy (non-hydrogen) atoms. The van der Waals surface area contributed by atoms with E-state index in [1.165, 1.54) is 308 Å². The maximum absolute atomic E-state index is 13.2. The van der Waals surface area contributed by atoms with Gasteiger partial charge < -0.3 is 40.3 Å². The van der Waals surface area contributed by atoms with Gasteiger partial charge >= 0.3 is 0 Å². The Morgan fingerprint density at radius 3 is 1.03 bits per heavy atom. The van der Waals surface area contributed by atoms with Crippen LogP contribution in [-0.4, -0.2) is 87.5 Å². The minimum atomic E-state index is -1.57. The third-order valence-corrected chi connectivity index (χ3v) is 18.3. The van der Waals surface area contributed by atoms with E-state index in [9.17, 15) is 30.3 Å². The zero-order valence-corrected chi connectivity index (χ0v) is 58.0. The molecule has 9 heteroatoms. The summed E-state index contributed by atoms with van der Waals surface area (Å²) in [6.45, 7) is 3.80. The highest BCUT2D eigenvalue weighted by atomic mass is 16.7. The van der Waals surface area contributed by atoms with E-state index < -0.39 is 49.5 Å². The lowest BCUT2D eigenvalue weighted by Gasteiger charge is -2.40. The van der Waals surface area contributed by atoms with Crippen LogP contribution in [0.15, 0.2) is 60.8 Å². The van der Waals surface area contributed by atoms with E-state index in [0.29, 0.717) is 6.42 Å². The van der Waals surface area contributed by atoms with Gasteiger partial charge in [0.25, 0.3) is 0 Å². The maximum atomic E-state index is 13.2. The van der Waals surface area contributed by atoms with E-state index in [1.807, 2.05) is 6.08 Å². The van der Waals surface area contributed by atoms with Crippen molar-refractivity contribution < 1.29 is 39.8 Å². The molecule has 0 radical (unpaired) electrons. The highest BCUT2D eigenvalue weighted by molar-refractivity contribution is 5.76. The van der Waals surface area contributed by atoms with Crippen molar-refractivity contribution in [2.75, 3.05) is 13.2 Å². The van der Waals surface area contributed by atoms with Crippen molar-refractivity contribution in [3.8, 4) is 0 Å². The molecular formula is C79H147NO8. The number of ether oxygens (including phenoxy) is 2. The van der Waals surface area contributed by atoms with Crippen molar-refractivity contribution in [2.45, 2.75) is 423 Å². The molecule has 516 valence electrons. The number of unbranched alkanes of at least 4 members (excludes halogenated alkanes) is 50. The predicted octanol–water partition coefficient (Wildman–Crippen LogP) is 21.7. The van der Waals surface area contributed by atoms with Crippen LogP contribution in [0.1, 0.15) is 380 Å². The van der Waals surface area contributed by atoms with Gasteiger partial charge in [0.2, 0.25) is 5.91 Å². The van der Waals surface area contributed by atoms with Crippen molar-refractivity contribution in [3.05, 3.63) is 60.8 Å². The summed E-state index contributed by atoms with van der Waals surface area (Å²) in [6.07, 6.45) is 87.9. The molecule has 1 amide bonds. The Labute approximate surface area is 545 Å². The topological polar surface area (TPSA) is 149 Å². The van der Waals surface area contributed by atoms with Crippen LogP contribution >= 0.6 is 0 Å². The number of allylic oxidation sites excluding steroid dienone is 9. The average Bonchev–Trinajstić information content (AvgIpc) is 3.29. The first-order chi connectivity index (χ1) is 43.3. The number of aliphatic hydroxyl groups excluding tert-OH is 5. The predicted molar refractivity (Wildman–Crippen MR) is 378 cm³/mol. The number of hydrogen-bond donors (Lipinski definition) is 6. The molecule has 1 fully saturated rings. The molecule has 6 N–H and O–H groups in total. The minimum Gasteiger partial charge on any atom is -0.394 e. The molecule has 0 bridgehead atoms. The SMILES string of the molecule is CCCCCCC/C=C\C/C=C\C/C=C\CCCCCCCCCCCCCCCCCCCCCCCCC(=O)NC(COC1OC(CO)C(O)C(O)C1O)C(O)/C=C/CC/C=C/CCCCCCCCCCCCCCCCCCCCCCCC. The lowest BCUT2D eigenvalue weighted by Crippen LogP contribution is -2.60. The Morgan fingerprint density at radius 1 is 0.386 bits per heavy atom. The fraction of sp³-hybridized carbons (Fsp3) is 0.861. The van der Waals surface area contributed by atoms with Gasteiger partial charge in [0.15, 0.2) is 6.29 Å². The molecular weight excluding hydrogens is 1090 g/mol. The number of carbonyl (C=O) groups is 1. The summed E-state index contributed by atoms with van der Waals surface area (Å²) in [6, 6.07) is -0.824. The van der Waals surface area contributed by atoms with E-state index in [4.69, 9.17) is 9.47 Å². The lowest BCUT2D eigenvalue weighted by atomic mass is 9.99. The Balaban J connectivity index is 2.09. The van der Waals surface area contributed by atoms with Crippen LogP contribution in [0.25, 0.3) is 0 Å². The molecule has 1 aliphatic rings. The first kappa shape index (κ1) is 83.9.